The van der Waals surface area contributed by atoms with Gasteiger partial charge in [0.1, 0.15) is 0 Å². The first-order valence-corrected chi connectivity index (χ1v) is 14.4. The molecule has 3 aliphatic carbocycles. The molecule has 3 aliphatic rings. The standard InChI is InChI=1S/C29H40O3S/c1-21-11-14-25(30)20-24(21)13-12-23-8-7-18-29(3)27(15-16-28(23)29)22(2)17-19-33(31,32)26-9-5-4-6-10-26/h4-6,9-10,12-13,22,25,27-28,30H,1,7-8,11,14-20H2,2-3H3/t22?,25-,27?,28-,29+/m0/s1. The van der Waals surface area contributed by atoms with Crippen LogP contribution in [-0.2, 0) is 9.84 Å². The number of rotatable bonds is 6. The fourth-order valence-electron chi connectivity index (χ4n) is 6.90. The summed E-state index contributed by atoms with van der Waals surface area (Å²) in [4.78, 5) is 0.443. The molecule has 0 spiro atoms. The van der Waals surface area contributed by atoms with Crippen LogP contribution < -0.4 is 0 Å². The van der Waals surface area contributed by atoms with E-state index in [0.29, 0.717) is 22.6 Å². The monoisotopic (exact) mass is 468 g/mol. The first kappa shape index (κ1) is 24.5. The maximum Gasteiger partial charge on any atom is 0.178 e. The molecule has 0 heterocycles. The van der Waals surface area contributed by atoms with Gasteiger partial charge in [0.05, 0.1) is 16.8 Å². The molecular formula is C29H40O3S. The van der Waals surface area contributed by atoms with Gasteiger partial charge < -0.3 is 5.11 Å². The Morgan fingerprint density at radius 1 is 1.15 bits per heavy atom. The summed E-state index contributed by atoms with van der Waals surface area (Å²) in [6, 6.07) is 8.87. The molecule has 33 heavy (non-hydrogen) atoms. The average molecular weight is 469 g/mol. The Morgan fingerprint density at radius 2 is 1.91 bits per heavy atom. The molecule has 3 saturated carbocycles. The summed E-state index contributed by atoms with van der Waals surface area (Å²) < 4.78 is 25.6. The second-order valence-corrected chi connectivity index (χ2v) is 13.0. The van der Waals surface area contributed by atoms with Crippen molar-refractivity contribution >= 4 is 9.84 Å². The first-order chi connectivity index (χ1) is 15.7. The molecule has 0 radical (unpaired) electrons. The van der Waals surface area contributed by atoms with Crippen molar-refractivity contribution in [2.75, 3.05) is 5.75 Å². The van der Waals surface area contributed by atoms with Crippen LogP contribution in [0.15, 0.2) is 70.7 Å². The van der Waals surface area contributed by atoms with Crippen LogP contribution in [0.25, 0.3) is 0 Å². The van der Waals surface area contributed by atoms with Crippen molar-refractivity contribution in [1.82, 2.24) is 0 Å². The maximum absolute atomic E-state index is 12.8. The molecule has 4 rings (SSSR count). The van der Waals surface area contributed by atoms with E-state index in [0.717, 1.165) is 32.1 Å². The van der Waals surface area contributed by atoms with Crippen LogP contribution in [0.5, 0.6) is 0 Å². The molecule has 5 atom stereocenters. The van der Waals surface area contributed by atoms with E-state index in [1.165, 1.54) is 36.8 Å². The van der Waals surface area contributed by atoms with Gasteiger partial charge in [-0.05, 0) is 98.7 Å². The number of hydrogen-bond donors (Lipinski definition) is 1. The fraction of sp³-hybridized carbons (Fsp3) is 0.586. The van der Waals surface area contributed by atoms with Crippen molar-refractivity contribution in [3.63, 3.8) is 0 Å². The Hall–Kier alpha value is -1.65. The average Bonchev–Trinajstić information content (AvgIpc) is 3.16. The highest BCUT2D eigenvalue weighted by Crippen LogP contribution is 2.59. The van der Waals surface area contributed by atoms with Gasteiger partial charge in [0.25, 0.3) is 0 Å². The van der Waals surface area contributed by atoms with Crippen LogP contribution in [-0.4, -0.2) is 25.4 Å². The van der Waals surface area contributed by atoms with Gasteiger partial charge in [-0.2, -0.15) is 0 Å². The van der Waals surface area contributed by atoms with Crippen LogP contribution >= 0.6 is 0 Å². The van der Waals surface area contributed by atoms with Crippen LogP contribution in [0, 0.1) is 23.2 Å². The van der Waals surface area contributed by atoms with E-state index in [-0.39, 0.29) is 17.3 Å². The maximum atomic E-state index is 12.8. The summed E-state index contributed by atoms with van der Waals surface area (Å²) in [6.45, 7) is 8.94. The second-order valence-electron chi connectivity index (χ2n) is 10.9. The molecule has 0 aliphatic heterocycles. The van der Waals surface area contributed by atoms with Gasteiger partial charge in [-0.3, -0.25) is 0 Å². The Bertz CT molecular complexity index is 1020. The van der Waals surface area contributed by atoms with Gasteiger partial charge in [0.15, 0.2) is 9.84 Å². The van der Waals surface area contributed by atoms with Gasteiger partial charge in [-0.15, -0.1) is 0 Å². The molecule has 0 amide bonds. The lowest BCUT2D eigenvalue weighted by atomic mass is 9.61. The fourth-order valence-corrected chi connectivity index (χ4v) is 8.39. The molecular weight excluding hydrogens is 428 g/mol. The summed E-state index contributed by atoms with van der Waals surface area (Å²) in [5.41, 5.74) is 4.19. The van der Waals surface area contributed by atoms with Gasteiger partial charge in [0.2, 0.25) is 0 Å². The van der Waals surface area contributed by atoms with E-state index in [9.17, 15) is 13.5 Å². The summed E-state index contributed by atoms with van der Waals surface area (Å²) in [6.07, 6.45) is 13.5. The van der Waals surface area contributed by atoms with E-state index in [4.69, 9.17) is 0 Å². The van der Waals surface area contributed by atoms with Crippen LogP contribution in [0.1, 0.15) is 71.6 Å². The van der Waals surface area contributed by atoms with Crippen LogP contribution in [0.3, 0.4) is 0 Å². The third-order valence-corrected chi connectivity index (χ3v) is 10.6. The van der Waals surface area contributed by atoms with Gasteiger partial charge >= 0.3 is 0 Å². The van der Waals surface area contributed by atoms with E-state index >= 15 is 0 Å². The Kier molecular flexibility index (Phi) is 7.35. The van der Waals surface area contributed by atoms with Crippen molar-refractivity contribution in [2.24, 2.45) is 23.2 Å². The number of sulfone groups is 1. The number of aliphatic hydroxyl groups excluding tert-OH is 1. The predicted molar refractivity (Wildman–Crippen MR) is 136 cm³/mol. The van der Waals surface area contributed by atoms with Crippen molar-refractivity contribution in [3.05, 3.63) is 65.8 Å². The lowest BCUT2D eigenvalue weighted by Gasteiger charge is -2.44. The van der Waals surface area contributed by atoms with Crippen molar-refractivity contribution in [2.45, 2.75) is 82.6 Å². The first-order valence-electron chi connectivity index (χ1n) is 12.7. The largest absolute Gasteiger partial charge is 0.393 e. The summed E-state index contributed by atoms with van der Waals surface area (Å²) in [5.74, 6) is 1.78. The second kappa shape index (κ2) is 9.92. The van der Waals surface area contributed by atoms with Gasteiger partial charge in [-0.25, -0.2) is 8.42 Å². The van der Waals surface area contributed by atoms with E-state index < -0.39 is 9.84 Å². The van der Waals surface area contributed by atoms with E-state index in [1.54, 1.807) is 29.8 Å². The Labute approximate surface area is 200 Å². The number of allylic oxidation sites excluding steroid dienone is 4. The van der Waals surface area contributed by atoms with Crippen LogP contribution in [0.2, 0.25) is 0 Å². The SMILES string of the molecule is C=C1CC[C@H](O)CC1=CC=C1CCC[C@]2(C)C(C(C)CCS(=O)(=O)c3ccccc3)CC[C@@H]12. The third kappa shape index (κ3) is 5.22. The molecule has 3 nitrogen and oxygen atoms in total. The van der Waals surface area contributed by atoms with Crippen molar-refractivity contribution in [1.29, 1.82) is 0 Å². The molecule has 3 fully saturated rings. The van der Waals surface area contributed by atoms with Crippen molar-refractivity contribution in [3.8, 4) is 0 Å². The zero-order chi connectivity index (χ0) is 23.6. The highest BCUT2D eigenvalue weighted by atomic mass is 32.2. The quantitative estimate of drug-likeness (QED) is 0.508. The molecule has 1 N–H and O–H groups in total. The molecule has 1 aromatic carbocycles. The number of aliphatic hydroxyl groups is 1. The molecule has 2 unspecified atom stereocenters. The Morgan fingerprint density at radius 3 is 2.67 bits per heavy atom. The zero-order valence-electron chi connectivity index (χ0n) is 20.3. The molecule has 1 aromatic rings. The van der Waals surface area contributed by atoms with Gasteiger partial charge in [-0.1, -0.05) is 61.9 Å². The van der Waals surface area contributed by atoms with Gasteiger partial charge in [0, 0.05) is 0 Å². The molecule has 0 aromatic heterocycles. The van der Waals surface area contributed by atoms with Crippen molar-refractivity contribution < 1.29 is 13.5 Å². The van der Waals surface area contributed by atoms with Crippen LogP contribution in [0.4, 0.5) is 0 Å². The normalized spacial score (nSPS) is 33.9. The summed E-state index contributed by atoms with van der Waals surface area (Å²) in [5, 5.41) is 10.1. The topological polar surface area (TPSA) is 54.4 Å². The van der Waals surface area contributed by atoms with E-state index in [2.05, 4.69) is 32.6 Å². The molecule has 0 bridgehead atoms. The molecule has 4 heteroatoms. The third-order valence-electron chi connectivity index (χ3n) is 8.86. The van der Waals surface area contributed by atoms with E-state index in [1.807, 2.05) is 6.07 Å². The molecule has 180 valence electrons. The lowest BCUT2D eigenvalue weighted by molar-refractivity contribution is 0.0963. The smallest absolute Gasteiger partial charge is 0.178 e. The lowest BCUT2D eigenvalue weighted by Crippen LogP contribution is -2.36. The minimum absolute atomic E-state index is 0.231. The zero-order valence-corrected chi connectivity index (χ0v) is 21.1. The number of benzene rings is 1. The Balaban J connectivity index is 1.45. The summed E-state index contributed by atoms with van der Waals surface area (Å²) >= 11 is 0. The minimum atomic E-state index is -3.22. The molecule has 0 saturated heterocycles. The highest BCUT2D eigenvalue weighted by Gasteiger charge is 2.50. The number of fused-ring (bicyclic) bond motifs is 1. The summed E-state index contributed by atoms with van der Waals surface area (Å²) in [7, 11) is -3.22. The predicted octanol–water partition coefficient (Wildman–Crippen LogP) is 6.66. The highest BCUT2D eigenvalue weighted by molar-refractivity contribution is 7.91. The number of hydrogen-bond acceptors (Lipinski definition) is 3. The minimum Gasteiger partial charge on any atom is -0.393 e.